The molecule has 0 fully saturated rings. The fourth-order valence-electron chi connectivity index (χ4n) is 1.67. The molecule has 3 nitrogen and oxygen atoms in total. The first-order valence-electron chi connectivity index (χ1n) is 5.88. The van der Waals surface area contributed by atoms with Gasteiger partial charge >= 0.3 is 5.97 Å². The normalized spacial score (nSPS) is 13.1. The van der Waals surface area contributed by atoms with E-state index in [1.165, 1.54) is 0 Å². The standard InChI is InChI=1S/C14H20O3/c1-8(2)10-5-11(9(3)4)7-12(6-10)13(15)14(16)17/h5-9,13,15H,1-4H3,(H,16,17). The van der Waals surface area contributed by atoms with Crippen molar-refractivity contribution in [2.75, 3.05) is 0 Å². The highest BCUT2D eigenvalue weighted by molar-refractivity contribution is 5.74. The van der Waals surface area contributed by atoms with Gasteiger partial charge in [0.05, 0.1) is 0 Å². The molecular formula is C14H20O3. The van der Waals surface area contributed by atoms with Gasteiger partial charge in [-0.25, -0.2) is 4.79 Å². The first kappa shape index (κ1) is 13.7. The molecule has 0 aromatic heterocycles. The Hall–Kier alpha value is -1.35. The van der Waals surface area contributed by atoms with Gasteiger partial charge in [-0.05, 0) is 28.5 Å². The molecule has 1 aromatic rings. The number of rotatable bonds is 4. The van der Waals surface area contributed by atoms with Crippen molar-refractivity contribution in [2.24, 2.45) is 0 Å². The maximum absolute atomic E-state index is 10.8. The summed E-state index contributed by atoms with van der Waals surface area (Å²) in [4.78, 5) is 10.8. The van der Waals surface area contributed by atoms with Gasteiger partial charge in [0.25, 0.3) is 0 Å². The highest BCUT2D eigenvalue weighted by atomic mass is 16.4. The second-order valence-electron chi connectivity index (χ2n) is 4.98. The van der Waals surface area contributed by atoms with Crippen molar-refractivity contribution in [3.05, 3.63) is 34.9 Å². The molecule has 0 aliphatic rings. The highest BCUT2D eigenvalue weighted by Crippen LogP contribution is 2.26. The predicted octanol–water partition coefficient (Wildman–Crippen LogP) is 3.05. The third-order valence-corrected chi connectivity index (χ3v) is 2.88. The van der Waals surface area contributed by atoms with Crippen LogP contribution in [0.5, 0.6) is 0 Å². The summed E-state index contributed by atoms with van der Waals surface area (Å²) in [6.07, 6.45) is -1.44. The fraction of sp³-hybridized carbons (Fsp3) is 0.500. The van der Waals surface area contributed by atoms with Crippen LogP contribution in [0.3, 0.4) is 0 Å². The zero-order valence-electron chi connectivity index (χ0n) is 10.8. The van der Waals surface area contributed by atoms with Crippen molar-refractivity contribution in [2.45, 2.75) is 45.6 Å². The van der Waals surface area contributed by atoms with Crippen LogP contribution in [0.2, 0.25) is 0 Å². The minimum Gasteiger partial charge on any atom is -0.479 e. The molecule has 0 amide bonds. The number of carboxylic acids is 1. The highest BCUT2D eigenvalue weighted by Gasteiger charge is 2.18. The van der Waals surface area contributed by atoms with Crippen LogP contribution >= 0.6 is 0 Å². The summed E-state index contributed by atoms with van der Waals surface area (Å²) in [6, 6.07) is 5.62. The number of aliphatic carboxylic acids is 1. The van der Waals surface area contributed by atoms with Crippen LogP contribution in [-0.4, -0.2) is 16.2 Å². The van der Waals surface area contributed by atoms with Crippen LogP contribution in [0.15, 0.2) is 18.2 Å². The van der Waals surface area contributed by atoms with Crippen molar-refractivity contribution in [3.63, 3.8) is 0 Å². The molecule has 3 heteroatoms. The molecule has 0 bridgehead atoms. The fourth-order valence-corrected chi connectivity index (χ4v) is 1.67. The van der Waals surface area contributed by atoms with Crippen molar-refractivity contribution >= 4 is 5.97 Å². The zero-order valence-corrected chi connectivity index (χ0v) is 10.8. The zero-order chi connectivity index (χ0) is 13.2. The summed E-state index contributed by atoms with van der Waals surface area (Å²) in [5.41, 5.74) is 2.59. The van der Waals surface area contributed by atoms with Crippen LogP contribution < -0.4 is 0 Å². The Kier molecular flexibility index (Phi) is 4.29. The minimum absolute atomic E-state index is 0.313. The van der Waals surface area contributed by atoms with Crippen LogP contribution in [0.25, 0.3) is 0 Å². The largest absolute Gasteiger partial charge is 0.479 e. The molecule has 17 heavy (non-hydrogen) atoms. The molecule has 1 unspecified atom stereocenters. The molecule has 1 rings (SSSR count). The van der Waals surface area contributed by atoms with Crippen molar-refractivity contribution < 1.29 is 15.0 Å². The maximum atomic E-state index is 10.8. The van der Waals surface area contributed by atoms with Crippen molar-refractivity contribution in [1.82, 2.24) is 0 Å². The van der Waals surface area contributed by atoms with E-state index in [0.29, 0.717) is 17.4 Å². The summed E-state index contributed by atoms with van der Waals surface area (Å²) in [5.74, 6) is -0.581. The van der Waals surface area contributed by atoms with Crippen molar-refractivity contribution in [3.8, 4) is 0 Å². The lowest BCUT2D eigenvalue weighted by Gasteiger charge is -2.15. The summed E-state index contributed by atoms with van der Waals surface area (Å²) in [7, 11) is 0. The SMILES string of the molecule is CC(C)c1cc(C(C)C)cc(C(O)C(=O)O)c1. The molecule has 2 N–H and O–H groups in total. The van der Waals surface area contributed by atoms with E-state index in [2.05, 4.69) is 33.8 Å². The summed E-state index contributed by atoms with van der Waals surface area (Å²) < 4.78 is 0. The van der Waals surface area contributed by atoms with Crippen LogP contribution in [-0.2, 0) is 4.79 Å². The number of hydrogen-bond acceptors (Lipinski definition) is 2. The second kappa shape index (κ2) is 5.32. The van der Waals surface area contributed by atoms with Crippen LogP contribution in [0, 0.1) is 0 Å². The van der Waals surface area contributed by atoms with E-state index < -0.39 is 12.1 Å². The van der Waals surface area contributed by atoms with E-state index in [0.717, 1.165) is 11.1 Å². The van der Waals surface area contributed by atoms with E-state index in [1.54, 1.807) is 12.1 Å². The molecule has 0 saturated heterocycles. The van der Waals surface area contributed by atoms with E-state index >= 15 is 0 Å². The number of hydrogen-bond donors (Lipinski definition) is 2. The third-order valence-electron chi connectivity index (χ3n) is 2.88. The smallest absolute Gasteiger partial charge is 0.337 e. The Morgan fingerprint density at radius 2 is 1.29 bits per heavy atom. The summed E-state index contributed by atoms with van der Waals surface area (Å²) in [6.45, 7) is 8.21. The van der Waals surface area contributed by atoms with Gasteiger partial charge in [0, 0.05) is 0 Å². The molecule has 1 aromatic carbocycles. The van der Waals surface area contributed by atoms with E-state index in [-0.39, 0.29) is 0 Å². The molecule has 0 saturated carbocycles. The average molecular weight is 236 g/mol. The maximum Gasteiger partial charge on any atom is 0.337 e. The van der Waals surface area contributed by atoms with Gasteiger partial charge in [-0.1, -0.05) is 45.9 Å². The first-order chi connectivity index (χ1) is 7.82. The first-order valence-corrected chi connectivity index (χ1v) is 5.88. The Balaban J connectivity index is 3.26. The number of carboxylic acid groups (broad SMARTS) is 1. The van der Waals surface area contributed by atoms with Gasteiger partial charge in [0.15, 0.2) is 6.10 Å². The van der Waals surface area contributed by atoms with E-state index in [1.807, 2.05) is 0 Å². The molecule has 0 radical (unpaired) electrons. The lowest BCUT2D eigenvalue weighted by atomic mass is 9.91. The van der Waals surface area contributed by atoms with Crippen molar-refractivity contribution in [1.29, 1.82) is 0 Å². The average Bonchev–Trinajstić information content (AvgIpc) is 2.27. The molecule has 0 heterocycles. The van der Waals surface area contributed by atoms with Gasteiger partial charge in [0.1, 0.15) is 0 Å². The summed E-state index contributed by atoms with van der Waals surface area (Å²) >= 11 is 0. The molecular weight excluding hydrogens is 216 g/mol. The molecule has 0 spiro atoms. The monoisotopic (exact) mass is 236 g/mol. The number of carbonyl (C=O) groups is 1. The predicted molar refractivity (Wildman–Crippen MR) is 67.2 cm³/mol. The van der Waals surface area contributed by atoms with E-state index in [9.17, 15) is 9.90 Å². The van der Waals surface area contributed by atoms with Gasteiger partial charge in [-0.15, -0.1) is 0 Å². The Labute approximate surface area is 102 Å². The number of benzene rings is 1. The van der Waals surface area contributed by atoms with Crippen LogP contribution in [0.4, 0.5) is 0 Å². The lowest BCUT2D eigenvalue weighted by Crippen LogP contribution is -2.11. The Morgan fingerprint density at radius 1 is 0.941 bits per heavy atom. The van der Waals surface area contributed by atoms with Gasteiger partial charge in [-0.3, -0.25) is 0 Å². The second-order valence-corrected chi connectivity index (χ2v) is 4.98. The Morgan fingerprint density at radius 3 is 1.59 bits per heavy atom. The summed E-state index contributed by atoms with van der Waals surface area (Å²) in [5, 5.41) is 18.5. The topological polar surface area (TPSA) is 57.5 Å². The molecule has 0 aliphatic heterocycles. The number of aliphatic hydroxyl groups is 1. The quantitative estimate of drug-likeness (QED) is 0.844. The van der Waals surface area contributed by atoms with Crippen LogP contribution in [0.1, 0.15) is 62.3 Å². The molecule has 94 valence electrons. The minimum atomic E-state index is -1.44. The van der Waals surface area contributed by atoms with Gasteiger partial charge in [0.2, 0.25) is 0 Å². The Bertz CT molecular complexity index is 382. The molecule has 1 atom stereocenters. The number of aliphatic hydroxyl groups excluding tert-OH is 1. The lowest BCUT2D eigenvalue weighted by molar-refractivity contribution is -0.146. The third kappa shape index (κ3) is 3.30. The van der Waals surface area contributed by atoms with Gasteiger partial charge in [-0.2, -0.15) is 0 Å². The van der Waals surface area contributed by atoms with E-state index in [4.69, 9.17) is 5.11 Å². The molecule has 0 aliphatic carbocycles. The van der Waals surface area contributed by atoms with Gasteiger partial charge < -0.3 is 10.2 Å².